The van der Waals surface area contributed by atoms with Gasteiger partial charge in [0.2, 0.25) is 5.82 Å². The van der Waals surface area contributed by atoms with Crippen molar-refractivity contribution in [1.82, 2.24) is 19.6 Å². The first-order valence-electron chi connectivity index (χ1n) is 4.05. The summed E-state index contributed by atoms with van der Waals surface area (Å²) in [7, 11) is 0. The number of aromatic nitrogens is 4. The molecule has 92 valence electrons. The Morgan fingerprint density at radius 1 is 1.06 bits per heavy atom. The predicted octanol–water partition coefficient (Wildman–Crippen LogP) is 2.43. The van der Waals surface area contributed by atoms with Gasteiger partial charge in [0.1, 0.15) is 5.15 Å². The SMILES string of the molecule is FC(F)(F)C(F)(F)c1nnc2cncc(Cl)n12. The van der Waals surface area contributed by atoms with Crippen molar-refractivity contribution in [3.63, 3.8) is 0 Å². The van der Waals surface area contributed by atoms with E-state index in [2.05, 4.69) is 15.2 Å². The maximum Gasteiger partial charge on any atom is 0.461 e. The van der Waals surface area contributed by atoms with Crippen molar-refractivity contribution >= 4 is 17.2 Å². The molecule has 0 radical (unpaired) electrons. The largest absolute Gasteiger partial charge is 0.461 e. The van der Waals surface area contributed by atoms with Crippen LogP contribution in [0.4, 0.5) is 22.0 Å². The summed E-state index contributed by atoms with van der Waals surface area (Å²) >= 11 is 5.48. The van der Waals surface area contributed by atoms with Crippen molar-refractivity contribution in [3.05, 3.63) is 23.4 Å². The lowest BCUT2D eigenvalue weighted by Gasteiger charge is -2.17. The Hall–Kier alpha value is -1.51. The van der Waals surface area contributed by atoms with Gasteiger partial charge in [-0.2, -0.15) is 22.0 Å². The fraction of sp³-hybridized carbons (Fsp3) is 0.286. The molecule has 0 spiro atoms. The van der Waals surface area contributed by atoms with Gasteiger partial charge in [0.15, 0.2) is 5.65 Å². The van der Waals surface area contributed by atoms with Crippen LogP contribution in [0.2, 0.25) is 5.15 Å². The van der Waals surface area contributed by atoms with Crippen LogP contribution in [0.15, 0.2) is 12.4 Å². The number of fused-ring (bicyclic) bond motifs is 1. The first-order valence-corrected chi connectivity index (χ1v) is 4.42. The van der Waals surface area contributed by atoms with Crippen LogP contribution in [0.3, 0.4) is 0 Å². The molecule has 2 heterocycles. The van der Waals surface area contributed by atoms with Gasteiger partial charge in [-0.15, -0.1) is 10.2 Å². The lowest BCUT2D eigenvalue weighted by Crippen LogP contribution is -2.35. The molecule has 2 rings (SSSR count). The molecule has 2 aromatic heterocycles. The molecule has 0 bridgehead atoms. The van der Waals surface area contributed by atoms with Crippen LogP contribution in [-0.4, -0.2) is 25.8 Å². The summed E-state index contributed by atoms with van der Waals surface area (Å²) in [5.74, 6) is -6.73. The Kier molecular flexibility index (Phi) is 2.45. The summed E-state index contributed by atoms with van der Waals surface area (Å²) in [5, 5.41) is 5.52. The number of nitrogens with zero attached hydrogens (tertiary/aromatic N) is 4. The minimum Gasteiger partial charge on any atom is -0.261 e. The first-order chi connectivity index (χ1) is 7.75. The Morgan fingerprint density at radius 3 is 2.29 bits per heavy atom. The molecule has 0 aliphatic rings. The highest BCUT2D eigenvalue weighted by atomic mass is 35.5. The summed E-state index contributed by atoms with van der Waals surface area (Å²) in [4.78, 5) is 3.49. The topological polar surface area (TPSA) is 43.1 Å². The summed E-state index contributed by atoms with van der Waals surface area (Å²) in [6.07, 6.45) is -3.90. The average Bonchev–Trinajstić information content (AvgIpc) is 2.61. The maximum atomic E-state index is 13.1. The van der Waals surface area contributed by atoms with Crippen LogP contribution in [0.1, 0.15) is 5.82 Å². The number of hydrogen-bond donors (Lipinski definition) is 0. The zero-order chi connectivity index (χ0) is 12.8. The molecule has 0 aliphatic heterocycles. The molecule has 0 fully saturated rings. The highest BCUT2D eigenvalue weighted by Crippen LogP contribution is 2.43. The standard InChI is InChI=1S/C7H2ClF5N4/c8-3-1-14-2-4-15-16-5(17(3)4)6(9,10)7(11,12)13/h1-2H. The zero-order valence-corrected chi connectivity index (χ0v) is 8.47. The smallest absolute Gasteiger partial charge is 0.261 e. The van der Waals surface area contributed by atoms with Gasteiger partial charge in [0.05, 0.1) is 12.4 Å². The predicted molar refractivity (Wildman–Crippen MR) is 45.7 cm³/mol. The van der Waals surface area contributed by atoms with Gasteiger partial charge >= 0.3 is 12.1 Å². The monoisotopic (exact) mass is 272 g/mol. The molecule has 17 heavy (non-hydrogen) atoms. The summed E-state index contributed by atoms with van der Waals surface area (Å²) in [6.45, 7) is 0. The van der Waals surface area contributed by atoms with E-state index < -0.39 is 23.1 Å². The van der Waals surface area contributed by atoms with Crippen molar-refractivity contribution in [3.8, 4) is 0 Å². The summed E-state index contributed by atoms with van der Waals surface area (Å²) < 4.78 is 63.0. The minimum absolute atomic E-state index is 0.295. The third-order valence-electron chi connectivity index (χ3n) is 1.91. The van der Waals surface area contributed by atoms with Gasteiger partial charge in [-0.1, -0.05) is 11.6 Å². The number of hydrogen-bond acceptors (Lipinski definition) is 3. The third kappa shape index (κ3) is 1.70. The van der Waals surface area contributed by atoms with Crippen molar-refractivity contribution in [1.29, 1.82) is 0 Å². The van der Waals surface area contributed by atoms with Crippen LogP contribution in [-0.2, 0) is 5.92 Å². The molecule has 0 atom stereocenters. The van der Waals surface area contributed by atoms with Gasteiger partial charge in [0, 0.05) is 0 Å². The molecule has 0 aromatic carbocycles. The molecule has 4 nitrogen and oxygen atoms in total. The van der Waals surface area contributed by atoms with Crippen LogP contribution >= 0.6 is 11.6 Å². The van der Waals surface area contributed by atoms with Crippen LogP contribution in [0.25, 0.3) is 5.65 Å². The number of rotatable bonds is 1. The van der Waals surface area contributed by atoms with E-state index in [1.807, 2.05) is 0 Å². The highest BCUT2D eigenvalue weighted by molar-refractivity contribution is 6.29. The van der Waals surface area contributed by atoms with E-state index in [4.69, 9.17) is 11.6 Å². The van der Waals surface area contributed by atoms with E-state index in [1.165, 1.54) is 0 Å². The fourth-order valence-electron chi connectivity index (χ4n) is 1.14. The van der Waals surface area contributed by atoms with Crippen molar-refractivity contribution in [2.75, 3.05) is 0 Å². The molecule has 0 unspecified atom stereocenters. The lowest BCUT2D eigenvalue weighted by atomic mass is 10.3. The number of alkyl halides is 5. The first kappa shape index (κ1) is 12.0. The summed E-state index contributed by atoms with van der Waals surface area (Å²) in [5.41, 5.74) is -0.295. The van der Waals surface area contributed by atoms with Crippen molar-refractivity contribution in [2.45, 2.75) is 12.1 Å². The van der Waals surface area contributed by atoms with Gasteiger partial charge in [-0.05, 0) is 0 Å². The number of halogens is 6. The Balaban J connectivity index is 2.73. The third-order valence-corrected chi connectivity index (χ3v) is 2.18. The van der Waals surface area contributed by atoms with E-state index in [0.29, 0.717) is 4.40 Å². The molecular weight excluding hydrogens is 271 g/mol. The molecule has 10 heteroatoms. The van der Waals surface area contributed by atoms with E-state index in [0.717, 1.165) is 12.4 Å². The fourth-order valence-corrected chi connectivity index (χ4v) is 1.37. The van der Waals surface area contributed by atoms with E-state index >= 15 is 0 Å². The van der Waals surface area contributed by atoms with E-state index in [-0.39, 0.29) is 5.65 Å². The Bertz CT molecular complexity index is 563. The molecule has 0 saturated heterocycles. The molecular formula is C7H2ClF5N4. The Labute approximate surface area is 95.0 Å². The van der Waals surface area contributed by atoms with Crippen LogP contribution < -0.4 is 0 Å². The maximum absolute atomic E-state index is 13.1. The molecule has 0 aliphatic carbocycles. The van der Waals surface area contributed by atoms with Crippen molar-refractivity contribution in [2.24, 2.45) is 0 Å². The van der Waals surface area contributed by atoms with Gasteiger partial charge in [0.25, 0.3) is 0 Å². The highest BCUT2D eigenvalue weighted by Gasteiger charge is 2.62. The quantitative estimate of drug-likeness (QED) is 0.749. The Morgan fingerprint density at radius 2 is 1.71 bits per heavy atom. The van der Waals surface area contributed by atoms with E-state index in [9.17, 15) is 22.0 Å². The summed E-state index contributed by atoms with van der Waals surface area (Å²) in [6, 6.07) is 0. The van der Waals surface area contributed by atoms with Gasteiger partial charge < -0.3 is 0 Å². The van der Waals surface area contributed by atoms with Gasteiger partial charge in [-0.3, -0.25) is 9.38 Å². The molecule has 2 aromatic rings. The molecule has 0 amide bonds. The molecule has 0 N–H and O–H groups in total. The second kappa shape index (κ2) is 3.49. The van der Waals surface area contributed by atoms with Crippen LogP contribution in [0.5, 0.6) is 0 Å². The zero-order valence-electron chi connectivity index (χ0n) is 7.71. The average molecular weight is 273 g/mol. The van der Waals surface area contributed by atoms with Crippen molar-refractivity contribution < 1.29 is 22.0 Å². The normalized spacial score (nSPS) is 13.3. The second-order valence-electron chi connectivity index (χ2n) is 3.02. The lowest BCUT2D eigenvalue weighted by molar-refractivity contribution is -0.292. The minimum atomic E-state index is -5.78. The second-order valence-corrected chi connectivity index (χ2v) is 3.41. The van der Waals surface area contributed by atoms with E-state index in [1.54, 1.807) is 0 Å². The van der Waals surface area contributed by atoms with Gasteiger partial charge in [-0.25, -0.2) is 0 Å². The van der Waals surface area contributed by atoms with Crippen LogP contribution in [0, 0.1) is 0 Å². The molecule has 0 saturated carbocycles.